The van der Waals surface area contributed by atoms with Crippen molar-refractivity contribution in [3.63, 3.8) is 0 Å². The molecule has 7 nitrogen and oxygen atoms in total. The number of carbonyl (C=O) groups excluding carboxylic acids is 2. The van der Waals surface area contributed by atoms with E-state index in [2.05, 4.69) is 0 Å². The highest BCUT2D eigenvalue weighted by Gasteiger charge is 2.81. The number of ketones is 2. The SMILES string of the molecule is O=C1c2c(O)c(Cl)cc3c2[C@@]2(Oc4cccc5c4[C@]3(O2)[C@@H]2O[C@@H]2C5=O)[C@@H]2O[C@H]12. The van der Waals surface area contributed by atoms with Gasteiger partial charge in [0.15, 0.2) is 35.5 Å². The summed E-state index contributed by atoms with van der Waals surface area (Å²) in [6, 6.07) is 6.84. The fraction of sp³-hybridized carbons (Fsp3) is 0.300. The number of aromatic hydroxyl groups is 1. The predicted molar refractivity (Wildman–Crippen MR) is 89.7 cm³/mol. The lowest BCUT2D eigenvalue weighted by molar-refractivity contribution is -0.262. The zero-order valence-corrected chi connectivity index (χ0v) is 14.6. The van der Waals surface area contributed by atoms with Gasteiger partial charge in [0.05, 0.1) is 10.6 Å². The average molecular weight is 397 g/mol. The molecule has 2 fully saturated rings. The van der Waals surface area contributed by atoms with E-state index in [0.29, 0.717) is 28.0 Å². The highest BCUT2D eigenvalue weighted by atomic mass is 35.5. The number of phenolic OH excluding ortho intramolecular Hbond substituents is 1. The maximum Gasteiger partial charge on any atom is 0.269 e. The molecular weight excluding hydrogens is 388 g/mol. The zero-order chi connectivity index (χ0) is 18.7. The first kappa shape index (κ1) is 14.5. The van der Waals surface area contributed by atoms with Crippen molar-refractivity contribution in [2.45, 2.75) is 35.8 Å². The predicted octanol–water partition coefficient (Wildman–Crippen LogP) is 1.79. The van der Waals surface area contributed by atoms with Crippen LogP contribution in [0.2, 0.25) is 5.02 Å². The van der Waals surface area contributed by atoms with E-state index in [9.17, 15) is 14.7 Å². The molecule has 0 amide bonds. The first-order valence-electron chi connectivity index (χ1n) is 8.97. The third kappa shape index (κ3) is 1.18. The number of fused-ring (bicyclic) bond motifs is 2. The van der Waals surface area contributed by atoms with Crippen molar-refractivity contribution in [3.05, 3.63) is 57.1 Å². The summed E-state index contributed by atoms with van der Waals surface area (Å²) in [5.41, 5.74) is 1.03. The monoisotopic (exact) mass is 396 g/mol. The Kier molecular flexibility index (Phi) is 1.99. The molecule has 138 valence electrons. The van der Waals surface area contributed by atoms with Gasteiger partial charge in [0.25, 0.3) is 5.79 Å². The van der Waals surface area contributed by atoms with Gasteiger partial charge < -0.3 is 24.1 Å². The first-order chi connectivity index (χ1) is 13.5. The molecule has 1 N–H and O–H groups in total. The molecule has 28 heavy (non-hydrogen) atoms. The van der Waals surface area contributed by atoms with Crippen LogP contribution in [-0.2, 0) is 25.6 Å². The Bertz CT molecular complexity index is 1240. The maximum absolute atomic E-state index is 12.9. The Morgan fingerprint density at radius 1 is 1.04 bits per heavy atom. The lowest BCUT2D eigenvalue weighted by atomic mass is 9.73. The molecule has 0 radical (unpaired) electrons. The zero-order valence-electron chi connectivity index (χ0n) is 13.9. The highest BCUT2D eigenvalue weighted by molar-refractivity contribution is 6.33. The number of halogens is 1. The summed E-state index contributed by atoms with van der Waals surface area (Å²) in [7, 11) is 0. The average Bonchev–Trinajstić information content (AvgIpc) is 3.58. The van der Waals surface area contributed by atoms with Gasteiger partial charge in [-0.25, -0.2) is 0 Å². The number of hydrogen-bond acceptors (Lipinski definition) is 7. The second-order valence-electron chi connectivity index (χ2n) is 7.97. The van der Waals surface area contributed by atoms with E-state index < -0.39 is 35.8 Å². The van der Waals surface area contributed by atoms with Crippen molar-refractivity contribution < 1.29 is 33.6 Å². The Morgan fingerprint density at radius 3 is 2.68 bits per heavy atom. The van der Waals surface area contributed by atoms with E-state index in [1.165, 1.54) is 0 Å². The molecule has 0 saturated carbocycles. The number of carbonyl (C=O) groups is 2. The number of epoxide rings is 2. The largest absolute Gasteiger partial charge is 0.506 e. The van der Waals surface area contributed by atoms with Crippen molar-refractivity contribution in [2.24, 2.45) is 0 Å². The molecule has 8 heteroatoms. The minimum Gasteiger partial charge on any atom is -0.506 e. The molecule has 0 unspecified atom stereocenters. The standard InChI is InChI=1S/C20H9ClO7/c21-7-4-6-11-9(13(7)23)14(24)16-18(26-16)20(11)27-8-3-1-2-5-10(8)19(6,28-20)17-15(25-17)12(5)22/h1-4,15-18,23H/t15-,16-,17-,18-,19+,20+/m1/s1. The quantitative estimate of drug-likeness (QED) is 0.678. The Labute approximate surface area is 161 Å². The summed E-state index contributed by atoms with van der Waals surface area (Å²) in [5.74, 6) is -1.65. The third-order valence-electron chi connectivity index (χ3n) is 6.76. The minimum absolute atomic E-state index is 0.0370. The fourth-order valence-corrected chi connectivity index (χ4v) is 5.84. The van der Waals surface area contributed by atoms with Crippen LogP contribution in [0.15, 0.2) is 24.3 Å². The molecule has 0 aromatic heterocycles. The van der Waals surface area contributed by atoms with Gasteiger partial charge in [-0.15, -0.1) is 0 Å². The Morgan fingerprint density at radius 2 is 1.82 bits per heavy atom. The molecule has 2 aliphatic carbocycles. The number of ether oxygens (including phenoxy) is 4. The van der Waals surface area contributed by atoms with Crippen LogP contribution in [0.3, 0.4) is 0 Å². The van der Waals surface area contributed by atoms with E-state index in [-0.39, 0.29) is 27.9 Å². The van der Waals surface area contributed by atoms with Crippen molar-refractivity contribution >= 4 is 23.2 Å². The summed E-state index contributed by atoms with van der Waals surface area (Å²) in [6.07, 6.45) is -2.55. The topological polar surface area (TPSA) is 97.9 Å². The molecule has 6 aliphatic rings. The molecule has 2 bridgehead atoms. The smallest absolute Gasteiger partial charge is 0.269 e. The maximum atomic E-state index is 12.9. The van der Waals surface area contributed by atoms with Crippen LogP contribution in [0.4, 0.5) is 0 Å². The molecule has 2 aromatic carbocycles. The number of benzene rings is 2. The van der Waals surface area contributed by atoms with Crippen LogP contribution in [0.5, 0.6) is 11.5 Å². The summed E-state index contributed by atoms with van der Waals surface area (Å²) in [4.78, 5) is 25.7. The van der Waals surface area contributed by atoms with Crippen molar-refractivity contribution in [2.75, 3.05) is 0 Å². The summed E-state index contributed by atoms with van der Waals surface area (Å²) in [5, 5.41) is 10.6. The van der Waals surface area contributed by atoms with Crippen molar-refractivity contribution in [1.29, 1.82) is 0 Å². The van der Waals surface area contributed by atoms with Crippen molar-refractivity contribution in [3.8, 4) is 11.5 Å². The Hall–Kier alpha value is -2.45. The van der Waals surface area contributed by atoms with E-state index in [0.717, 1.165) is 0 Å². The minimum atomic E-state index is -1.38. The molecule has 2 saturated heterocycles. The summed E-state index contributed by atoms with van der Waals surface area (Å²) < 4.78 is 24.3. The summed E-state index contributed by atoms with van der Waals surface area (Å²) in [6.45, 7) is 0. The first-order valence-corrected chi connectivity index (χ1v) is 9.35. The second kappa shape index (κ2) is 3.84. The van der Waals surface area contributed by atoms with Gasteiger partial charge in [0.2, 0.25) is 0 Å². The van der Waals surface area contributed by atoms with Gasteiger partial charge in [0, 0.05) is 22.3 Å². The van der Waals surface area contributed by atoms with E-state index in [1.54, 1.807) is 24.3 Å². The normalized spacial score (nSPS) is 41.5. The third-order valence-corrected chi connectivity index (χ3v) is 7.05. The van der Waals surface area contributed by atoms with E-state index >= 15 is 0 Å². The van der Waals surface area contributed by atoms with Crippen LogP contribution >= 0.6 is 11.6 Å². The highest BCUT2D eigenvalue weighted by Crippen LogP contribution is 2.71. The fourth-order valence-electron chi connectivity index (χ4n) is 5.63. The van der Waals surface area contributed by atoms with Crippen LogP contribution < -0.4 is 4.74 Å². The van der Waals surface area contributed by atoms with Crippen LogP contribution in [-0.4, -0.2) is 41.1 Å². The number of Topliss-reactive ketones (excluding diaryl/α,β-unsaturated/α-hetero) is 2. The Balaban J connectivity index is 1.59. The van der Waals surface area contributed by atoms with Gasteiger partial charge >= 0.3 is 0 Å². The number of phenols is 1. The molecular formula is C20H9ClO7. The molecule has 2 aromatic rings. The number of hydrogen-bond donors (Lipinski definition) is 1. The van der Waals surface area contributed by atoms with E-state index in [4.69, 9.17) is 30.5 Å². The van der Waals surface area contributed by atoms with Crippen molar-refractivity contribution in [1.82, 2.24) is 0 Å². The molecule has 4 aliphatic heterocycles. The number of rotatable bonds is 0. The molecule has 2 spiro atoms. The van der Waals surface area contributed by atoms with Gasteiger partial charge in [-0.05, 0) is 12.1 Å². The van der Waals surface area contributed by atoms with Gasteiger partial charge in [-0.2, -0.15) is 0 Å². The second-order valence-corrected chi connectivity index (χ2v) is 8.38. The van der Waals surface area contributed by atoms with Gasteiger partial charge in [0.1, 0.15) is 17.6 Å². The lowest BCUT2D eigenvalue weighted by Crippen LogP contribution is -2.53. The van der Waals surface area contributed by atoms with E-state index in [1.807, 2.05) is 0 Å². The lowest BCUT2D eigenvalue weighted by Gasteiger charge is -2.43. The van der Waals surface area contributed by atoms with Gasteiger partial charge in [-0.3, -0.25) is 9.59 Å². The van der Waals surface area contributed by atoms with Crippen LogP contribution in [0.25, 0.3) is 0 Å². The van der Waals surface area contributed by atoms with Crippen LogP contribution in [0, 0.1) is 0 Å². The molecule has 8 rings (SSSR count). The van der Waals surface area contributed by atoms with Crippen LogP contribution in [0.1, 0.15) is 37.4 Å². The molecule has 4 heterocycles. The molecule has 6 atom stereocenters. The van der Waals surface area contributed by atoms with Gasteiger partial charge in [-0.1, -0.05) is 23.7 Å². The summed E-state index contributed by atoms with van der Waals surface area (Å²) >= 11 is 6.31.